The van der Waals surface area contributed by atoms with Gasteiger partial charge in [0.25, 0.3) is 0 Å². The van der Waals surface area contributed by atoms with Gasteiger partial charge in [-0.15, -0.1) is 0 Å². The van der Waals surface area contributed by atoms with Gasteiger partial charge in [-0.3, -0.25) is 10.1 Å². The number of nitro groups is 1. The van der Waals surface area contributed by atoms with Crippen LogP contribution in [0.15, 0.2) is 30.2 Å². The Labute approximate surface area is 156 Å². The molecule has 7 nitrogen and oxygen atoms in total. The molecule has 0 radical (unpaired) electrons. The largest absolute Gasteiger partial charge is 0.457 e. The molecule has 27 heavy (non-hydrogen) atoms. The van der Waals surface area contributed by atoms with Gasteiger partial charge < -0.3 is 19.1 Å². The van der Waals surface area contributed by atoms with E-state index >= 15 is 0 Å². The first-order valence-electron chi connectivity index (χ1n) is 8.68. The highest BCUT2D eigenvalue weighted by molar-refractivity contribution is 5.84. The number of aliphatic hydroxyl groups excluding tert-OH is 1. The van der Waals surface area contributed by atoms with E-state index in [-0.39, 0.29) is 13.2 Å². The number of fused-ring (bicyclic) bond motifs is 1. The minimum Gasteiger partial charge on any atom is -0.457 e. The molecule has 146 valence electrons. The average molecular weight is 378 g/mol. The first kappa shape index (κ1) is 19.2. The van der Waals surface area contributed by atoms with Crippen LogP contribution in [0, 0.1) is 15.9 Å². The number of nitrogens with zero attached hydrogens (tertiary/aromatic N) is 2. The van der Waals surface area contributed by atoms with Gasteiger partial charge >= 0.3 is 5.69 Å². The molecule has 0 bridgehead atoms. The van der Waals surface area contributed by atoms with Crippen LogP contribution in [0.2, 0.25) is 0 Å². The molecule has 0 fully saturated rings. The number of ether oxygens (including phenoxy) is 2. The van der Waals surface area contributed by atoms with Crippen LogP contribution in [0.1, 0.15) is 39.8 Å². The van der Waals surface area contributed by atoms with Crippen molar-refractivity contribution >= 4 is 16.6 Å². The molecule has 8 heteroatoms. The average Bonchev–Trinajstić information content (AvgIpc) is 3.07. The molecule has 1 N–H and O–H groups in total. The molecule has 1 aliphatic rings. The lowest BCUT2D eigenvalue weighted by Crippen LogP contribution is -2.25. The maximum atomic E-state index is 14.3. The van der Waals surface area contributed by atoms with Crippen LogP contribution in [0.3, 0.4) is 0 Å². The molecule has 1 aromatic carbocycles. The Morgan fingerprint density at radius 3 is 2.59 bits per heavy atom. The molecule has 0 spiro atoms. The lowest BCUT2D eigenvalue weighted by Gasteiger charge is -2.26. The zero-order chi connectivity index (χ0) is 20.0. The van der Waals surface area contributed by atoms with Crippen molar-refractivity contribution in [3.05, 3.63) is 51.8 Å². The number of hydrogen-bond acceptors (Lipinski definition) is 5. The van der Waals surface area contributed by atoms with Gasteiger partial charge in [0.05, 0.1) is 17.0 Å². The number of nitro benzene ring substituents is 1. The Kier molecular flexibility index (Phi) is 4.63. The maximum absolute atomic E-state index is 14.3. The van der Waals surface area contributed by atoms with Gasteiger partial charge in [0, 0.05) is 49.1 Å². The number of rotatable bonds is 6. The van der Waals surface area contributed by atoms with Crippen LogP contribution in [-0.4, -0.2) is 27.0 Å². The smallest absolute Gasteiger partial charge is 0.305 e. The van der Waals surface area contributed by atoms with Gasteiger partial charge in [0.15, 0.2) is 5.76 Å². The van der Waals surface area contributed by atoms with Gasteiger partial charge in [0.1, 0.15) is 6.26 Å². The molecule has 0 unspecified atom stereocenters. The third-order valence-electron chi connectivity index (χ3n) is 4.76. The summed E-state index contributed by atoms with van der Waals surface area (Å²) in [6.07, 6.45) is 2.01. The van der Waals surface area contributed by atoms with E-state index in [1.807, 2.05) is 18.4 Å². The molecule has 0 aliphatic carbocycles. The molecule has 1 aliphatic heterocycles. The first-order chi connectivity index (χ1) is 12.5. The van der Waals surface area contributed by atoms with Crippen molar-refractivity contribution < 1.29 is 23.9 Å². The minimum absolute atomic E-state index is 0.0155. The van der Waals surface area contributed by atoms with E-state index in [4.69, 9.17) is 9.47 Å². The summed E-state index contributed by atoms with van der Waals surface area (Å²) in [7, 11) is 0. The summed E-state index contributed by atoms with van der Waals surface area (Å²) in [5, 5.41) is 21.1. The lowest BCUT2D eigenvalue weighted by molar-refractivity contribution is -0.387. The number of halogens is 1. The quantitative estimate of drug-likeness (QED) is 0.607. The second kappa shape index (κ2) is 6.53. The fourth-order valence-corrected chi connectivity index (χ4v) is 3.35. The van der Waals surface area contributed by atoms with Crippen molar-refractivity contribution in [1.29, 1.82) is 0 Å². The number of aromatic nitrogens is 1. The Morgan fingerprint density at radius 1 is 1.33 bits per heavy atom. The Morgan fingerprint density at radius 2 is 2.04 bits per heavy atom. The van der Waals surface area contributed by atoms with Crippen LogP contribution in [0.4, 0.5) is 10.1 Å². The minimum atomic E-state index is -0.892. The van der Waals surface area contributed by atoms with Crippen LogP contribution in [0.5, 0.6) is 0 Å². The van der Waals surface area contributed by atoms with Crippen molar-refractivity contribution in [2.75, 3.05) is 6.61 Å². The Hall–Kier alpha value is -2.61. The second-order valence-electron chi connectivity index (χ2n) is 7.80. The van der Waals surface area contributed by atoms with E-state index in [0.717, 1.165) is 5.69 Å². The zero-order valence-electron chi connectivity index (χ0n) is 15.8. The predicted molar refractivity (Wildman–Crippen MR) is 97.6 cm³/mol. The Balaban J connectivity index is 2.15. The normalized spacial score (nSPS) is 16.1. The summed E-state index contributed by atoms with van der Waals surface area (Å²) < 4.78 is 27.3. The predicted octanol–water partition coefficient (Wildman–Crippen LogP) is 3.97. The summed E-state index contributed by atoms with van der Waals surface area (Å²) >= 11 is 0. The van der Waals surface area contributed by atoms with E-state index in [1.165, 1.54) is 18.4 Å². The highest BCUT2D eigenvalue weighted by Gasteiger charge is 2.31. The topological polar surface area (TPSA) is 86.8 Å². The van der Waals surface area contributed by atoms with Crippen LogP contribution in [0.25, 0.3) is 10.9 Å². The van der Waals surface area contributed by atoms with Crippen molar-refractivity contribution in [1.82, 2.24) is 4.57 Å². The molecule has 0 atom stereocenters. The van der Waals surface area contributed by atoms with Gasteiger partial charge in [0.2, 0.25) is 11.6 Å². The van der Waals surface area contributed by atoms with Crippen LogP contribution >= 0.6 is 0 Å². The van der Waals surface area contributed by atoms with E-state index in [2.05, 4.69) is 0 Å². The lowest BCUT2D eigenvalue weighted by atomic mass is 9.85. The highest BCUT2D eigenvalue weighted by atomic mass is 19.1. The molecular weight excluding hydrogens is 355 g/mol. The van der Waals surface area contributed by atoms with Gasteiger partial charge in [-0.2, -0.15) is 4.39 Å². The number of hydrogen-bond donors (Lipinski definition) is 1. The first-order valence-corrected chi connectivity index (χ1v) is 8.68. The molecule has 0 amide bonds. The van der Waals surface area contributed by atoms with E-state index in [0.29, 0.717) is 23.1 Å². The van der Waals surface area contributed by atoms with Crippen molar-refractivity contribution in [3.63, 3.8) is 0 Å². The van der Waals surface area contributed by atoms with E-state index in [9.17, 15) is 19.6 Å². The number of aliphatic hydroxyl groups is 1. The number of benzene rings is 1. The van der Waals surface area contributed by atoms with Gasteiger partial charge in [-0.1, -0.05) is 13.8 Å². The van der Waals surface area contributed by atoms with Crippen molar-refractivity contribution in [2.24, 2.45) is 0 Å². The molecule has 1 aromatic heterocycles. The molecular formula is C19H23FN2O5. The molecule has 0 saturated heterocycles. The van der Waals surface area contributed by atoms with Crippen LogP contribution in [-0.2, 0) is 21.4 Å². The van der Waals surface area contributed by atoms with Gasteiger partial charge in [-0.25, -0.2) is 0 Å². The van der Waals surface area contributed by atoms with Crippen molar-refractivity contribution in [2.45, 2.75) is 51.9 Å². The second-order valence-corrected chi connectivity index (χ2v) is 7.80. The van der Waals surface area contributed by atoms with Crippen molar-refractivity contribution in [3.8, 4) is 0 Å². The maximum Gasteiger partial charge on any atom is 0.305 e. The molecule has 2 aromatic rings. The summed E-state index contributed by atoms with van der Waals surface area (Å²) in [5.41, 5.74) is 0.343. The molecule has 2 heterocycles. The fraction of sp³-hybridized carbons (Fsp3) is 0.474. The molecule has 3 rings (SSSR count). The highest BCUT2D eigenvalue weighted by Crippen LogP contribution is 2.36. The third kappa shape index (κ3) is 3.62. The summed E-state index contributed by atoms with van der Waals surface area (Å²) in [4.78, 5) is 10.4. The zero-order valence-corrected chi connectivity index (χ0v) is 15.8. The summed E-state index contributed by atoms with van der Waals surface area (Å²) in [5.74, 6) is -1.10. The fourth-order valence-electron chi connectivity index (χ4n) is 3.35. The number of allylic oxidation sites excluding steroid dienone is 1. The standard InChI is InChI=1S/C19H23FN2O5/c1-18(2,5-6-23)17-8-12-7-16(22(24)25)14(20)9-15(12)21(17)10-13-11-26-19(3,4)27-13/h7-9,11,23H,5-6,10H2,1-4H3. The van der Waals surface area contributed by atoms with E-state index in [1.54, 1.807) is 19.9 Å². The van der Waals surface area contributed by atoms with Crippen LogP contribution < -0.4 is 0 Å². The summed E-state index contributed by atoms with van der Waals surface area (Å²) in [6.45, 7) is 7.76. The monoisotopic (exact) mass is 378 g/mol. The van der Waals surface area contributed by atoms with E-state index < -0.39 is 27.6 Å². The third-order valence-corrected chi connectivity index (χ3v) is 4.76. The SMILES string of the molecule is CC1(C)OC=C(Cn2c(C(C)(C)CCO)cc3cc([N+](=O)[O-])c(F)cc32)O1. The Bertz CT molecular complexity index is 930. The molecule has 0 saturated carbocycles. The van der Waals surface area contributed by atoms with Gasteiger partial charge in [-0.05, 0) is 12.5 Å². The summed E-state index contributed by atoms with van der Waals surface area (Å²) in [6, 6.07) is 4.22.